The Labute approximate surface area is 112 Å². The third kappa shape index (κ3) is 2.23. The Morgan fingerprint density at radius 3 is 2.63 bits per heavy atom. The van der Waals surface area contributed by atoms with Crippen molar-refractivity contribution in [3.63, 3.8) is 0 Å². The minimum atomic E-state index is -0.152. The third-order valence-corrected chi connectivity index (χ3v) is 3.64. The second-order valence-electron chi connectivity index (χ2n) is 4.81. The molecule has 3 rings (SSSR count). The van der Waals surface area contributed by atoms with Crippen LogP contribution in [0, 0.1) is 0 Å². The maximum atomic E-state index is 10.0. The molecule has 1 heterocycles. The maximum absolute atomic E-state index is 10.0. The first-order chi connectivity index (χ1) is 9.29. The van der Waals surface area contributed by atoms with Gasteiger partial charge in [0.2, 0.25) is 0 Å². The van der Waals surface area contributed by atoms with Crippen LogP contribution in [0.1, 0.15) is 28.9 Å². The van der Waals surface area contributed by atoms with Crippen LogP contribution in [0.25, 0.3) is 0 Å². The van der Waals surface area contributed by atoms with Gasteiger partial charge in [0.1, 0.15) is 5.75 Å². The van der Waals surface area contributed by atoms with Gasteiger partial charge >= 0.3 is 0 Å². The number of ether oxygens (including phenoxy) is 1. The fraction of sp³-hybridized carbons (Fsp3) is 0.250. The molecule has 1 aliphatic rings. The lowest BCUT2D eigenvalue weighted by atomic mass is 9.90. The predicted octanol–water partition coefficient (Wildman–Crippen LogP) is 2.71. The van der Waals surface area contributed by atoms with Crippen LogP contribution < -0.4 is 5.73 Å². The summed E-state index contributed by atoms with van der Waals surface area (Å²) < 4.78 is 6.07. The lowest BCUT2D eigenvalue weighted by Gasteiger charge is -2.32. The molecule has 3 heteroatoms. The van der Waals surface area contributed by atoms with Crippen LogP contribution >= 0.6 is 0 Å². The molecule has 2 aromatic carbocycles. The van der Waals surface area contributed by atoms with Crippen LogP contribution in [0.4, 0.5) is 0 Å². The highest BCUT2D eigenvalue weighted by Crippen LogP contribution is 2.40. The van der Waals surface area contributed by atoms with Crippen LogP contribution in [0.3, 0.4) is 0 Å². The summed E-state index contributed by atoms with van der Waals surface area (Å²) >= 11 is 0. The van der Waals surface area contributed by atoms with Gasteiger partial charge in [-0.25, -0.2) is 0 Å². The summed E-state index contributed by atoms with van der Waals surface area (Å²) in [5, 5.41) is 10.0. The van der Waals surface area contributed by atoms with Crippen LogP contribution in [0.2, 0.25) is 0 Å². The first kappa shape index (κ1) is 12.2. The second kappa shape index (κ2) is 5.03. The Balaban J connectivity index is 2.00. The van der Waals surface area contributed by atoms with E-state index in [9.17, 15) is 5.11 Å². The van der Waals surface area contributed by atoms with E-state index in [1.54, 1.807) is 6.07 Å². The highest BCUT2D eigenvalue weighted by Gasteiger charge is 2.29. The van der Waals surface area contributed by atoms with Crippen molar-refractivity contribution in [3.8, 4) is 5.75 Å². The van der Waals surface area contributed by atoms with Gasteiger partial charge in [0.25, 0.3) is 0 Å². The van der Waals surface area contributed by atoms with E-state index in [0.717, 1.165) is 16.7 Å². The normalized spacial score (nSPS) is 21.9. The zero-order valence-corrected chi connectivity index (χ0v) is 10.6. The number of benzene rings is 2. The van der Waals surface area contributed by atoms with E-state index in [-0.39, 0.29) is 12.2 Å². The van der Waals surface area contributed by atoms with Crippen molar-refractivity contribution in [2.24, 2.45) is 5.73 Å². The average Bonchev–Trinajstić information content (AvgIpc) is 2.48. The monoisotopic (exact) mass is 255 g/mol. The Kier molecular flexibility index (Phi) is 3.23. The molecule has 2 atom stereocenters. The van der Waals surface area contributed by atoms with Crippen molar-refractivity contribution in [3.05, 3.63) is 65.2 Å². The third-order valence-electron chi connectivity index (χ3n) is 3.64. The maximum Gasteiger partial charge on any atom is 0.119 e. The number of aromatic hydroxyl groups is 1. The van der Waals surface area contributed by atoms with Gasteiger partial charge in [-0.3, -0.25) is 0 Å². The van der Waals surface area contributed by atoms with Crippen LogP contribution in [-0.4, -0.2) is 11.7 Å². The van der Waals surface area contributed by atoms with Crippen molar-refractivity contribution < 1.29 is 9.84 Å². The summed E-state index contributed by atoms with van der Waals surface area (Å²) in [6.07, 6.45) is 0.485. The number of nitrogens with two attached hydrogens (primary N) is 1. The van der Waals surface area contributed by atoms with E-state index in [2.05, 4.69) is 0 Å². The molecule has 0 unspecified atom stereocenters. The molecule has 0 aromatic heterocycles. The molecule has 0 saturated carbocycles. The molecule has 0 bridgehead atoms. The van der Waals surface area contributed by atoms with E-state index in [0.29, 0.717) is 18.7 Å². The molecule has 3 N–H and O–H groups in total. The minimum Gasteiger partial charge on any atom is -0.508 e. The molecule has 0 fully saturated rings. The van der Waals surface area contributed by atoms with Gasteiger partial charge in [-0.1, -0.05) is 42.5 Å². The van der Waals surface area contributed by atoms with Crippen molar-refractivity contribution in [1.29, 1.82) is 0 Å². The smallest absolute Gasteiger partial charge is 0.119 e. The van der Waals surface area contributed by atoms with Crippen molar-refractivity contribution >= 4 is 0 Å². The molecule has 0 aliphatic carbocycles. The highest BCUT2D eigenvalue weighted by atomic mass is 16.5. The fourth-order valence-electron chi connectivity index (χ4n) is 2.67. The van der Waals surface area contributed by atoms with Gasteiger partial charge in [0, 0.05) is 18.5 Å². The molecule has 0 saturated heterocycles. The summed E-state index contributed by atoms with van der Waals surface area (Å²) in [5.41, 5.74) is 8.89. The van der Waals surface area contributed by atoms with E-state index in [1.807, 2.05) is 42.5 Å². The van der Waals surface area contributed by atoms with Gasteiger partial charge in [0.05, 0.1) is 12.2 Å². The van der Waals surface area contributed by atoms with Gasteiger partial charge in [0.15, 0.2) is 0 Å². The topological polar surface area (TPSA) is 55.5 Å². The van der Waals surface area contributed by atoms with Gasteiger partial charge < -0.3 is 15.6 Å². The molecule has 0 radical (unpaired) electrons. The standard InChI is InChI=1S/C16H17NO2/c17-10-16-12-7-4-8-14(18)13(12)9-15(19-16)11-5-2-1-3-6-11/h1-8,15-16,18H,9-10,17H2/t15-,16-/m1/s1. The number of hydrogen-bond donors (Lipinski definition) is 2. The molecule has 0 amide bonds. The molecule has 1 aliphatic heterocycles. The first-order valence-electron chi connectivity index (χ1n) is 6.51. The fourth-order valence-corrected chi connectivity index (χ4v) is 2.67. The molecule has 19 heavy (non-hydrogen) atoms. The summed E-state index contributed by atoms with van der Waals surface area (Å²) in [4.78, 5) is 0. The number of fused-ring (bicyclic) bond motifs is 1. The number of phenolic OH excluding ortho intramolecular Hbond substituents is 1. The Morgan fingerprint density at radius 1 is 1.11 bits per heavy atom. The van der Waals surface area contributed by atoms with E-state index >= 15 is 0 Å². The minimum absolute atomic E-state index is 0.0458. The largest absolute Gasteiger partial charge is 0.508 e. The van der Waals surface area contributed by atoms with Gasteiger partial charge in [-0.05, 0) is 17.2 Å². The van der Waals surface area contributed by atoms with Crippen molar-refractivity contribution in [2.45, 2.75) is 18.6 Å². The lowest BCUT2D eigenvalue weighted by Crippen LogP contribution is -2.25. The molecular formula is C16H17NO2. The SMILES string of the molecule is NC[C@H]1O[C@@H](c2ccccc2)Cc2c(O)cccc21. The predicted molar refractivity (Wildman–Crippen MR) is 73.9 cm³/mol. The quantitative estimate of drug-likeness (QED) is 0.867. The molecule has 3 nitrogen and oxygen atoms in total. The Hall–Kier alpha value is -1.84. The van der Waals surface area contributed by atoms with Crippen LogP contribution in [0.15, 0.2) is 48.5 Å². The molecular weight excluding hydrogens is 238 g/mol. The van der Waals surface area contributed by atoms with Gasteiger partial charge in [-0.2, -0.15) is 0 Å². The van der Waals surface area contributed by atoms with Crippen LogP contribution in [0.5, 0.6) is 5.75 Å². The highest BCUT2D eigenvalue weighted by molar-refractivity contribution is 5.43. The van der Waals surface area contributed by atoms with Crippen LogP contribution in [-0.2, 0) is 11.2 Å². The Morgan fingerprint density at radius 2 is 1.89 bits per heavy atom. The zero-order chi connectivity index (χ0) is 13.2. The Bertz CT molecular complexity index is 568. The van der Waals surface area contributed by atoms with E-state index in [1.165, 1.54) is 0 Å². The van der Waals surface area contributed by atoms with Gasteiger partial charge in [-0.15, -0.1) is 0 Å². The zero-order valence-electron chi connectivity index (χ0n) is 10.6. The number of rotatable bonds is 2. The molecule has 98 valence electrons. The van der Waals surface area contributed by atoms with Crippen molar-refractivity contribution in [2.75, 3.05) is 6.54 Å². The second-order valence-corrected chi connectivity index (χ2v) is 4.81. The number of hydrogen-bond acceptors (Lipinski definition) is 3. The summed E-state index contributed by atoms with van der Waals surface area (Å²) in [6.45, 7) is 0.416. The first-order valence-corrected chi connectivity index (χ1v) is 6.51. The summed E-state index contributed by atoms with van der Waals surface area (Å²) in [5.74, 6) is 0.334. The summed E-state index contributed by atoms with van der Waals surface area (Å²) in [6, 6.07) is 15.6. The average molecular weight is 255 g/mol. The molecule has 0 spiro atoms. The van der Waals surface area contributed by atoms with E-state index < -0.39 is 0 Å². The van der Waals surface area contributed by atoms with E-state index in [4.69, 9.17) is 10.5 Å². The number of phenols is 1. The molecule has 2 aromatic rings. The van der Waals surface area contributed by atoms with Crippen molar-refractivity contribution in [1.82, 2.24) is 0 Å². The summed E-state index contributed by atoms with van der Waals surface area (Å²) in [7, 11) is 0. The lowest BCUT2D eigenvalue weighted by molar-refractivity contribution is -0.0229.